The summed E-state index contributed by atoms with van der Waals surface area (Å²) in [5.74, 6) is 1.81. The lowest BCUT2D eigenvalue weighted by molar-refractivity contribution is -0.207. The molecular formula is C25H42O5. The van der Waals surface area contributed by atoms with Crippen LogP contribution in [0.2, 0.25) is 0 Å². The number of fused-ring (bicyclic) bond motifs is 5. The minimum Gasteiger partial charge on any atom is -0.469 e. The summed E-state index contributed by atoms with van der Waals surface area (Å²) in [5, 5.41) is 33.1. The van der Waals surface area contributed by atoms with Crippen LogP contribution >= 0.6 is 0 Å². The fraction of sp³-hybridized carbons (Fsp3) is 0.960. The molecule has 0 radical (unpaired) electrons. The molecule has 0 saturated heterocycles. The number of hydrogen-bond donors (Lipinski definition) is 3. The predicted octanol–water partition coefficient (Wildman–Crippen LogP) is 3.54. The Balaban J connectivity index is 1.58. The predicted molar refractivity (Wildman–Crippen MR) is 114 cm³/mol. The van der Waals surface area contributed by atoms with Gasteiger partial charge >= 0.3 is 5.97 Å². The zero-order valence-electron chi connectivity index (χ0n) is 19.2. The maximum atomic E-state index is 11.7. The summed E-state index contributed by atoms with van der Waals surface area (Å²) in [4.78, 5) is 11.7. The van der Waals surface area contributed by atoms with Crippen LogP contribution in [0, 0.1) is 46.3 Å². The third-order valence-corrected chi connectivity index (χ3v) is 10.6. The lowest BCUT2D eigenvalue weighted by Crippen LogP contribution is -2.62. The number of esters is 1. The van der Waals surface area contributed by atoms with Gasteiger partial charge in [-0.3, -0.25) is 4.79 Å². The number of ether oxygens (including phenoxy) is 1. The van der Waals surface area contributed by atoms with Crippen LogP contribution in [-0.4, -0.2) is 46.7 Å². The first-order valence-corrected chi connectivity index (χ1v) is 12.2. The van der Waals surface area contributed by atoms with E-state index in [4.69, 9.17) is 4.74 Å². The van der Waals surface area contributed by atoms with Crippen LogP contribution in [0.3, 0.4) is 0 Å². The van der Waals surface area contributed by atoms with Crippen molar-refractivity contribution in [3.8, 4) is 0 Å². The molecule has 0 aliphatic heterocycles. The Hall–Kier alpha value is -0.650. The molecular weight excluding hydrogens is 380 g/mol. The molecule has 4 aliphatic rings. The Morgan fingerprint density at radius 1 is 1.07 bits per heavy atom. The van der Waals surface area contributed by atoms with Gasteiger partial charge < -0.3 is 20.1 Å². The van der Waals surface area contributed by atoms with Crippen molar-refractivity contribution in [1.82, 2.24) is 0 Å². The molecule has 3 N–H and O–H groups in total. The van der Waals surface area contributed by atoms with Gasteiger partial charge in [-0.25, -0.2) is 0 Å². The van der Waals surface area contributed by atoms with Crippen molar-refractivity contribution < 1.29 is 24.9 Å². The smallest absolute Gasteiger partial charge is 0.305 e. The van der Waals surface area contributed by atoms with E-state index in [0.717, 1.165) is 51.4 Å². The highest BCUT2D eigenvalue weighted by Gasteiger charge is 2.65. The SMILES string of the molecule is COC(=O)CCC(C)C1CCC2[C@@H]3C(CC(O)C12C)C1(C)CC[C@@H](O)C[C@H]1C[C@@H]3O. The van der Waals surface area contributed by atoms with Crippen molar-refractivity contribution in [2.45, 2.75) is 96.9 Å². The Morgan fingerprint density at radius 2 is 1.80 bits per heavy atom. The fourth-order valence-corrected chi connectivity index (χ4v) is 8.78. The Morgan fingerprint density at radius 3 is 2.50 bits per heavy atom. The van der Waals surface area contributed by atoms with Gasteiger partial charge in [0.25, 0.3) is 0 Å². The first kappa shape index (κ1) is 22.5. The van der Waals surface area contributed by atoms with Crippen LogP contribution < -0.4 is 0 Å². The van der Waals surface area contributed by atoms with Crippen molar-refractivity contribution in [2.75, 3.05) is 7.11 Å². The normalized spacial score (nSPS) is 51.4. The molecule has 4 fully saturated rings. The molecule has 5 heteroatoms. The van der Waals surface area contributed by atoms with E-state index >= 15 is 0 Å². The third kappa shape index (κ3) is 3.34. The molecule has 0 aromatic heterocycles. The first-order valence-electron chi connectivity index (χ1n) is 12.2. The molecule has 172 valence electrons. The van der Waals surface area contributed by atoms with E-state index < -0.39 is 0 Å². The van der Waals surface area contributed by atoms with Gasteiger partial charge in [0.05, 0.1) is 25.4 Å². The number of methoxy groups -OCH3 is 1. The van der Waals surface area contributed by atoms with E-state index in [0.29, 0.717) is 36.0 Å². The van der Waals surface area contributed by atoms with Gasteiger partial charge in [0.2, 0.25) is 0 Å². The number of aliphatic hydroxyl groups excluding tert-OH is 3. The zero-order valence-corrected chi connectivity index (χ0v) is 19.2. The maximum absolute atomic E-state index is 11.7. The van der Waals surface area contributed by atoms with Gasteiger partial charge in [0, 0.05) is 6.42 Å². The van der Waals surface area contributed by atoms with E-state index in [1.165, 1.54) is 7.11 Å². The average molecular weight is 423 g/mol. The summed E-state index contributed by atoms with van der Waals surface area (Å²) in [6.45, 7) is 6.85. The molecule has 0 heterocycles. The second-order valence-corrected chi connectivity index (χ2v) is 11.6. The highest BCUT2D eigenvalue weighted by Crippen LogP contribution is 2.68. The monoisotopic (exact) mass is 422 g/mol. The molecule has 4 aliphatic carbocycles. The molecule has 0 amide bonds. The van der Waals surface area contributed by atoms with E-state index in [9.17, 15) is 20.1 Å². The van der Waals surface area contributed by atoms with Gasteiger partial charge in [0.1, 0.15) is 0 Å². The summed E-state index contributed by atoms with van der Waals surface area (Å²) in [6, 6.07) is 0. The Kier molecular flexibility index (Phi) is 6.04. The minimum atomic E-state index is -0.369. The molecule has 5 nitrogen and oxygen atoms in total. The molecule has 11 atom stereocenters. The van der Waals surface area contributed by atoms with Crippen LogP contribution in [0.25, 0.3) is 0 Å². The van der Waals surface area contributed by atoms with E-state index in [2.05, 4.69) is 20.8 Å². The van der Waals surface area contributed by atoms with Crippen LogP contribution in [0.5, 0.6) is 0 Å². The summed E-state index contributed by atoms with van der Waals surface area (Å²) < 4.78 is 4.83. The second kappa shape index (κ2) is 8.04. The van der Waals surface area contributed by atoms with Crippen LogP contribution in [0.4, 0.5) is 0 Å². The molecule has 30 heavy (non-hydrogen) atoms. The summed E-state index contributed by atoms with van der Waals surface area (Å²) in [5.41, 5.74) is -0.0882. The average Bonchev–Trinajstić information content (AvgIpc) is 3.06. The minimum absolute atomic E-state index is 0.111. The number of hydrogen-bond acceptors (Lipinski definition) is 5. The molecule has 4 saturated carbocycles. The molecule has 0 aromatic rings. The van der Waals surface area contributed by atoms with E-state index in [1.807, 2.05) is 0 Å². The molecule has 0 bridgehead atoms. The topological polar surface area (TPSA) is 87.0 Å². The van der Waals surface area contributed by atoms with Crippen molar-refractivity contribution >= 4 is 5.97 Å². The summed E-state index contributed by atoms with van der Waals surface area (Å²) in [7, 11) is 1.44. The third-order valence-electron chi connectivity index (χ3n) is 10.6. The highest BCUT2D eigenvalue weighted by molar-refractivity contribution is 5.69. The summed E-state index contributed by atoms with van der Waals surface area (Å²) in [6.07, 6.45) is 6.60. The Bertz CT molecular complexity index is 651. The standard InChI is InChI=1S/C25H42O5/c1-14(5-8-22(29)30-4)17-6-7-18-23-19(13-21(28)25(17,18)3)24(2)10-9-16(26)11-15(24)12-20(23)27/h14-21,23,26-28H,5-13H2,1-4H3/t14?,15-,16+,17?,18?,19?,20-,21?,23+,24?,25?/m0/s1. The largest absolute Gasteiger partial charge is 0.469 e. The number of rotatable bonds is 4. The van der Waals surface area contributed by atoms with Crippen LogP contribution in [0.15, 0.2) is 0 Å². The fourth-order valence-electron chi connectivity index (χ4n) is 8.78. The zero-order chi connectivity index (χ0) is 21.8. The van der Waals surface area contributed by atoms with Crippen molar-refractivity contribution in [1.29, 1.82) is 0 Å². The molecule has 4 rings (SSSR count). The Labute approximate surface area is 181 Å². The second-order valence-electron chi connectivity index (χ2n) is 11.6. The van der Waals surface area contributed by atoms with Gasteiger partial charge in [-0.1, -0.05) is 20.8 Å². The molecule has 0 aromatic carbocycles. The van der Waals surface area contributed by atoms with Crippen molar-refractivity contribution in [2.24, 2.45) is 46.3 Å². The number of aliphatic hydroxyl groups is 3. The van der Waals surface area contributed by atoms with Crippen molar-refractivity contribution in [3.63, 3.8) is 0 Å². The first-order chi connectivity index (χ1) is 14.1. The van der Waals surface area contributed by atoms with E-state index in [1.54, 1.807) is 0 Å². The lowest BCUT2D eigenvalue weighted by Gasteiger charge is -2.63. The van der Waals surface area contributed by atoms with E-state index in [-0.39, 0.29) is 41.0 Å². The summed E-state index contributed by atoms with van der Waals surface area (Å²) >= 11 is 0. The number of carbonyl (C=O) groups excluding carboxylic acids is 1. The lowest BCUT2D eigenvalue weighted by atomic mass is 9.43. The van der Waals surface area contributed by atoms with Gasteiger partial charge in [-0.2, -0.15) is 0 Å². The van der Waals surface area contributed by atoms with Gasteiger partial charge in [-0.15, -0.1) is 0 Å². The molecule has 0 spiro atoms. The van der Waals surface area contributed by atoms with Crippen LogP contribution in [0.1, 0.15) is 78.6 Å². The van der Waals surface area contributed by atoms with Crippen LogP contribution in [-0.2, 0) is 9.53 Å². The quantitative estimate of drug-likeness (QED) is 0.603. The van der Waals surface area contributed by atoms with Crippen molar-refractivity contribution in [3.05, 3.63) is 0 Å². The maximum Gasteiger partial charge on any atom is 0.305 e. The van der Waals surface area contributed by atoms with Gasteiger partial charge in [0.15, 0.2) is 0 Å². The van der Waals surface area contributed by atoms with Gasteiger partial charge in [-0.05, 0) is 97.7 Å². The number of carbonyl (C=O) groups is 1. The highest BCUT2D eigenvalue weighted by atomic mass is 16.5. The molecule has 7 unspecified atom stereocenters.